The van der Waals surface area contributed by atoms with Gasteiger partial charge in [0.2, 0.25) is 0 Å². The second-order valence-corrected chi connectivity index (χ2v) is 6.03. The molecule has 0 spiro atoms. The lowest BCUT2D eigenvalue weighted by molar-refractivity contribution is -0.161. The van der Waals surface area contributed by atoms with Gasteiger partial charge < -0.3 is 4.74 Å². The van der Waals surface area contributed by atoms with Crippen molar-refractivity contribution in [2.24, 2.45) is 5.92 Å². The first-order valence-corrected chi connectivity index (χ1v) is 7.89. The average Bonchev–Trinajstić information content (AvgIpc) is 2.46. The topological polar surface area (TPSA) is 29.5 Å². The number of piperidine rings is 1. The maximum atomic E-state index is 12.6. The number of halogens is 4. The largest absolute Gasteiger partial charge is 0.466 e. The fourth-order valence-corrected chi connectivity index (χ4v) is 3.33. The van der Waals surface area contributed by atoms with Gasteiger partial charge in [-0.2, -0.15) is 13.2 Å². The average molecular weight is 350 g/mol. The molecular weight excluding hydrogens is 331 g/mol. The number of benzene rings is 1. The fraction of sp³-hybridized carbons (Fsp3) is 0.562. The lowest BCUT2D eigenvalue weighted by Gasteiger charge is -2.38. The van der Waals surface area contributed by atoms with E-state index in [0.717, 1.165) is 5.56 Å². The number of carbonyl (C=O) groups is 1. The van der Waals surface area contributed by atoms with E-state index in [-0.39, 0.29) is 25.6 Å². The van der Waals surface area contributed by atoms with Gasteiger partial charge in [-0.1, -0.05) is 29.8 Å². The van der Waals surface area contributed by atoms with Gasteiger partial charge in [0, 0.05) is 17.5 Å². The zero-order valence-electron chi connectivity index (χ0n) is 12.8. The van der Waals surface area contributed by atoms with Crippen LogP contribution in [-0.2, 0) is 9.53 Å². The van der Waals surface area contributed by atoms with Crippen LogP contribution in [0.4, 0.5) is 13.2 Å². The molecule has 0 aromatic heterocycles. The number of rotatable bonds is 4. The summed E-state index contributed by atoms with van der Waals surface area (Å²) in [6.45, 7) is 1.15. The maximum absolute atomic E-state index is 12.6. The molecule has 1 heterocycles. The van der Waals surface area contributed by atoms with Gasteiger partial charge in [0.25, 0.3) is 0 Å². The van der Waals surface area contributed by atoms with Crippen molar-refractivity contribution in [3.63, 3.8) is 0 Å². The number of nitrogens with zero attached hydrogens (tertiary/aromatic N) is 1. The summed E-state index contributed by atoms with van der Waals surface area (Å²) in [4.78, 5) is 13.5. The van der Waals surface area contributed by atoms with E-state index in [4.69, 9.17) is 16.3 Å². The van der Waals surface area contributed by atoms with Crippen molar-refractivity contribution in [1.29, 1.82) is 0 Å². The highest BCUT2D eigenvalue weighted by Gasteiger charge is 2.40. The Morgan fingerprint density at radius 1 is 1.39 bits per heavy atom. The summed E-state index contributed by atoms with van der Waals surface area (Å²) in [5.41, 5.74) is 0.791. The zero-order valence-corrected chi connectivity index (χ0v) is 13.5. The van der Waals surface area contributed by atoms with Gasteiger partial charge in [0.1, 0.15) is 0 Å². The predicted molar refractivity (Wildman–Crippen MR) is 81.4 cm³/mol. The molecule has 2 atom stereocenters. The van der Waals surface area contributed by atoms with Crippen molar-refractivity contribution in [2.75, 3.05) is 26.2 Å². The molecule has 0 aliphatic carbocycles. The highest BCUT2D eigenvalue weighted by molar-refractivity contribution is 6.31. The molecule has 0 amide bonds. The standard InChI is InChI=1S/C16H19ClF3NO2/c1-2-23-15(22)13-9-21(10-16(18,19)20)8-7-11(13)12-5-3-4-6-14(12)17/h3-6,11,13H,2,7-10H2,1H3/t11?,13-/m1/s1. The van der Waals surface area contributed by atoms with Crippen LogP contribution >= 0.6 is 11.6 Å². The monoisotopic (exact) mass is 349 g/mol. The van der Waals surface area contributed by atoms with Crippen LogP contribution in [0.3, 0.4) is 0 Å². The Labute approximate surface area is 138 Å². The third-order valence-electron chi connectivity index (χ3n) is 3.99. The first kappa shape index (κ1) is 18.1. The van der Waals surface area contributed by atoms with Crippen molar-refractivity contribution in [3.05, 3.63) is 34.9 Å². The van der Waals surface area contributed by atoms with Crippen LogP contribution in [0.25, 0.3) is 0 Å². The van der Waals surface area contributed by atoms with Crippen LogP contribution in [0.5, 0.6) is 0 Å². The number of hydrogen-bond acceptors (Lipinski definition) is 3. The Morgan fingerprint density at radius 3 is 2.70 bits per heavy atom. The highest BCUT2D eigenvalue weighted by Crippen LogP contribution is 2.38. The minimum absolute atomic E-state index is 0.0221. The first-order valence-electron chi connectivity index (χ1n) is 7.52. The Kier molecular flexibility index (Phi) is 5.92. The summed E-state index contributed by atoms with van der Waals surface area (Å²) >= 11 is 6.20. The molecular formula is C16H19ClF3NO2. The van der Waals surface area contributed by atoms with E-state index in [1.165, 1.54) is 4.90 Å². The predicted octanol–water partition coefficient (Wildman–Crippen LogP) is 3.87. The third-order valence-corrected chi connectivity index (χ3v) is 4.34. The van der Waals surface area contributed by atoms with Gasteiger partial charge in [-0.15, -0.1) is 0 Å². The highest BCUT2D eigenvalue weighted by atomic mass is 35.5. The number of alkyl halides is 3. The van der Waals surface area contributed by atoms with Crippen LogP contribution in [0, 0.1) is 5.92 Å². The number of ether oxygens (including phenoxy) is 1. The third kappa shape index (κ3) is 4.85. The Bertz CT molecular complexity index is 550. The SMILES string of the molecule is CCOC(=O)[C@@H]1CN(CC(F)(F)F)CCC1c1ccccc1Cl. The van der Waals surface area contributed by atoms with E-state index >= 15 is 0 Å². The quantitative estimate of drug-likeness (QED) is 0.773. The second-order valence-electron chi connectivity index (χ2n) is 5.63. The van der Waals surface area contributed by atoms with Crippen LogP contribution in [0.15, 0.2) is 24.3 Å². The molecule has 1 aromatic carbocycles. The first-order chi connectivity index (χ1) is 10.8. The summed E-state index contributed by atoms with van der Waals surface area (Å²) in [7, 11) is 0. The van der Waals surface area contributed by atoms with Gasteiger partial charge >= 0.3 is 12.1 Å². The fourth-order valence-electron chi connectivity index (χ4n) is 3.05. The van der Waals surface area contributed by atoms with Crippen molar-refractivity contribution < 1.29 is 22.7 Å². The Morgan fingerprint density at radius 2 is 2.09 bits per heavy atom. The van der Waals surface area contributed by atoms with Gasteiger partial charge in [0.05, 0.1) is 19.1 Å². The molecule has 3 nitrogen and oxygen atoms in total. The zero-order chi connectivity index (χ0) is 17.0. The van der Waals surface area contributed by atoms with E-state index < -0.39 is 24.6 Å². The van der Waals surface area contributed by atoms with Gasteiger partial charge in [-0.05, 0) is 31.5 Å². The van der Waals surface area contributed by atoms with E-state index in [1.54, 1.807) is 19.1 Å². The summed E-state index contributed by atoms with van der Waals surface area (Å²) in [5.74, 6) is -1.34. The van der Waals surface area contributed by atoms with E-state index in [9.17, 15) is 18.0 Å². The minimum Gasteiger partial charge on any atom is -0.466 e. The molecule has 128 valence electrons. The molecule has 0 saturated carbocycles. The second kappa shape index (κ2) is 7.53. The summed E-state index contributed by atoms with van der Waals surface area (Å²) in [6, 6.07) is 7.13. The van der Waals surface area contributed by atoms with E-state index in [2.05, 4.69) is 0 Å². The van der Waals surface area contributed by atoms with Crippen LogP contribution in [-0.4, -0.2) is 43.3 Å². The van der Waals surface area contributed by atoms with E-state index in [1.807, 2.05) is 12.1 Å². The lowest BCUT2D eigenvalue weighted by atomic mass is 9.80. The molecule has 0 bridgehead atoms. The van der Waals surface area contributed by atoms with Gasteiger partial charge in [-0.25, -0.2) is 0 Å². The van der Waals surface area contributed by atoms with Gasteiger partial charge in [0.15, 0.2) is 0 Å². The lowest BCUT2D eigenvalue weighted by Crippen LogP contribution is -2.46. The molecule has 1 saturated heterocycles. The molecule has 1 aliphatic rings. The number of carbonyl (C=O) groups excluding carboxylic acids is 1. The van der Waals surface area contributed by atoms with Gasteiger partial charge in [-0.3, -0.25) is 9.69 Å². The molecule has 1 aliphatic heterocycles. The van der Waals surface area contributed by atoms with Crippen LogP contribution < -0.4 is 0 Å². The molecule has 23 heavy (non-hydrogen) atoms. The smallest absolute Gasteiger partial charge is 0.401 e. The maximum Gasteiger partial charge on any atom is 0.401 e. The van der Waals surface area contributed by atoms with Crippen molar-refractivity contribution in [1.82, 2.24) is 4.90 Å². The molecule has 1 fully saturated rings. The summed E-state index contributed by atoms with van der Waals surface area (Å²) < 4.78 is 42.9. The minimum atomic E-state index is -4.28. The summed E-state index contributed by atoms with van der Waals surface area (Å²) in [5, 5.41) is 0.524. The molecule has 2 rings (SSSR count). The molecule has 1 unspecified atom stereocenters. The van der Waals surface area contributed by atoms with Crippen molar-refractivity contribution in [3.8, 4) is 0 Å². The van der Waals surface area contributed by atoms with Crippen LogP contribution in [0.1, 0.15) is 24.8 Å². The number of esters is 1. The van der Waals surface area contributed by atoms with Crippen molar-refractivity contribution >= 4 is 17.6 Å². The van der Waals surface area contributed by atoms with Crippen LogP contribution in [0.2, 0.25) is 5.02 Å². The molecule has 0 N–H and O–H groups in total. The van der Waals surface area contributed by atoms with E-state index in [0.29, 0.717) is 11.4 Å². The normalized spacial score (nSPS) is 22.8. The Balaban J connectivity index is 2.21. The molecule has 1 aromatic rings. The summed E-state index contributed by atoms with van der Waals surface area (Å²) in [6.07, 6.45) is -3.85. The van der Waals surface area contributed by atoms with Crippen molar-refractivity contribution in [2.45, 2.75) is 25.4 Å². The number of likely N-dealkylation sites (tertiary alicyclic amines) is 1. The number of hydrogen-bond donors (Lipinski definition) is 0. The Hall–Kier alpha value is -1.27. The molecule has 7 heteroatoms. The molecule has 0 radical (unpaired) electrons.